The Bertz CT molecular complexity index is 488. The molecule has 0 amide bonds. The second-order valence-electron chi connectivity index (χ2n) is 2.96. The highest BCUT2D eigenvalue weighted by atomic mass is 32.1. The van der Waals surface area contributed by atoms with E-state index in [0.717, 1.165) is 16.0 Å². The molecule has 0 saturated heterocycles. The first kappa shape index (κ1) is 10.9. The van der Waals surface area contributed by atoms with Gasteiger partial charge in [-0.3, -0.25) is 4.68 Å². The molecule has 2 rings (SSSR count). The molecule has 2 heterocycles. The van der Waals surface area contributed by atoms with Gasteiger partial charge in [-0.1, -0.05) is 11.3 Å². The van der Waals surface area contributed by atoms with Crippen LogP contribution in [0.25, 0.3) is 10.7 Å². The molecule has 0 aliphatic rings. The fraction of sp³-hybridized carbons (Fsp3) is 0.286. The standard InChI is InChI=1S/C7H6F3N5S/c8-7(9,10)3-15-2-1-4(14-15)5-12-13-6(11)16-5/h1-2H,3H2,(H2,11,13). The van der Waals surface area contributed by atoms with Crippen molar-refractivity contribution < 1.29 is 13.2 Å². The minimum absolute atomic E-state index is 0.250. The molecule has 2 N–H and O–H groups in total. The monoisotopic (exact) mass is 249 g/mol. The van der Waals surface area contributed by atoms with Crippen LogP contribution in [-0.4, -0.2) is 26.2 Å². The van der Waals surface area contributed by atoms with Crippen LogP contribution in [0.5, 0.6) is 0 Å². The summed E-state index contributed by atoms with van der Waals surface area (Å²) in [5, 5.41) is 11.6. The average molecular weight is 249 g/mol. The summed E-state index contributed by atoms with van der Waals surface area (Å²) in [6.45, 7) is -1.12. The van der Waals surface area contributed by atoms with E-state index in [1.165, 1.54) is 12.3 Å². The van der Waals surface area contributed by atoms with Gasteiger partial charge in [0.2, 0.25) is 5.13 Å². The summed E-state index contributed by atoms with van der Waals surface area (Å²) in [5.74, 6) is 0. The molecule has 0 saturated carbocycles. The predicted molar refractivity (Wildman–Crippen MR) is 51.6 cm³/mol. The molecule has 86 valence electrons. The Balaban J connectivity index is 2.20. The van der Waals surface area contributed by atoms with E-state index in [0.29, 0.717) is 10.7 Å². The molecule has 5 nitrogen and oxygen atoms in total. The third-order valence-electron chi connectivity index (χ3n) is 1.64. The Kier molecular flexibility index (Phi) is 2.54. The van der Waals surface area contributed by atoms with Crippen LogP contribution in [0.4, 0.5) is 18.3 Å². The largest absolute Gasteiger partial charge is 0.408 e. The van der Waals surface area contributed by atoms with E-state index in [1.54, 1.807) is 0 Å². The molecule has 2 aromatic rings. The maximum absolute atomic E-state index is 12.1. The Morgan fingerprint density at radius 1 is 1.38 bits per heavy atom. The molecule has 0 radical (unpaired) electrons. The summed E-state index contributed by atoms with van der Waals surface area (Å²) >= 11 is 1.07. The quantitative estimate of drug-likeness (QED) is 0.876. The minimum Gasteiger partial charge on any atom is -0.374 e. The van der Waals surface area contributed by atoms with E-state index in [-0.39, 0.29) is 5.13 Å². The van der Waals surface area contributed by atoms with Gasteiger partial charge in [-0.25, -0.2) is 0 Å². The summed E-state index contributed by atoms with van der Waals surface area (Å²) in [6.07, 6.45) is -3.05. The van der Waals surface area contributed by atoms with Crippen molar-refractivity contribution in [1.82, 2.24) is 20.0 Å². The maximum atomic E-state index is 12.1. The molecule has 9 heteroatoms. The third-order valence-corrected chi connectivity index (χ3v) is 2.42. The lowest BCUT2D eigenvalue weighted by atomic mass is 10.5. The van der Waals surface area contributed by atoms with Crippen LogP contribution in [-0.2, 0) is 6.54 Å². The predicted octanol–water partition coefficient (Wildman–Crippen LogP) is 1.55. The lowest BCUT2D eigenvalue weighted by Crippen LogP contribution is -2.17. The summed E-state index contributed by atoms with van der Waals surface area (Å²) in [4.78, 5) is 0. The lowest BCUT2D eigenvalue weighted by molar-refractivity contribution is -0.142. The molecule has 0 bridgehead atoms. The van der Waals surface area contributed by atoms with E-state index in [1.807, 2.05) is 0 Å². The zero-order valence-corrected chi connectivity index (χ0v) is 8.59. The number of hydrogen-bond acceptors (Lipinski definition) is 5. The number of alkyl halides is 3. The van der Waals surface area contributed by atoms with Crippen LogP contribution < -0.4 is 5.73 Å². The molecule has 16 heavy (non-hydrogen) atoms. The van der Waals surface area contributed by atoms with Crippen molar-refractivity contribution in [3.8, 4) is 10.7 Å². The lowest BCUT2D eigenvalue weighted by Gasteiger charge is -2.04. The number of rotatable bonds is 2. The highest BCUT2D eigenvalue weighted by Gasteiger charge is 2.28. The number of hydrogen-bond donors (Lipinski definition) is 1. The fourth-order valence-electron chi connectivity index (χ4n) is 1.09. The van der Waals surface area contributed by atoms with Crippen LogP contribution in [0, 0.1) is 0 Å². The van der Waals surface area contributed by atoms with Crippen molar-refractivity contribution in [2.75, 3.05) is 5.73 Å². The number of anilines is 1. The smallest absolute Gasteiger partial charge is 0.374 e. The number of nitrogen functional groups attached to an aromatic ring is 1. The van der Waals surface area contributed by atoms with Gasteiger partial charge in [-0.05, 0) is 6.07 Å². The summed E-state index contributed by atoms with van der Waals surface area (Å²) in [5.41, 5.74) is 5.69. The first-order valence-corrected chi connectivity index (χ1v) is 4.95. The summed E-state index contributed by atoms with van der Waals surface area (Å²) in [6, 6.07) is 1.44. The molecule has 0 atom stereocenters. The van der Waals surface area contributed by atoms with Crippen LogP contribution in [0.1, 0.15) is 0 Å². The van der Waals surface area contributed by atoms with Crippen molar-refractivity contribution in [2.45, 2.75) is 12.7 Å². The van der Waals surface area contributed by atoms with Crippen LogP contribution in [0.15, 0.2) is 12.3 Å². The fourth-order valence-corrected chi connectivity index (χ4v) is 1.66. The molecule has 2 aromatic heterocycles. The number of nitrogens with two attached hydrogens (primary N) is 1. The Morgan fingerprint density at radius 2 is 2.12 bits per heavy atom. The van der Waals surface area contributed by atoms with E-state index >= 15 is 0 Å². The van der Waals surface area contributed by atoms with Gasteiger partial charge in [0.1, 0.15) is 12.2 Å². The Labute approximate surface area is 91.7 Å². The first-order chi connectivity index (χ1) is 7.44. The van der Waals surface area contributed by atoms with Gasteiger partial charge in [0, 0.05) is 6.20 Å². The van der Waals surface area contributed by atoms with Gasteiger partial charge >= 0.3 is 6.18 Å². The normalized spacial score (nSPS) is 11.9. The molecular weight excluding hydrogens is 243 g/mol. The van der Waals surface area contributed by atoms with Crippen molar-refractivity contribution >= 4 is 16.5 Å². The van der Waals surface area contributed by atoms with Crippen molar-refractivity contribution in [2.24, 2.45) is 0 Å². The molecule has 0 aliphatic heterocycles. The second kappa shape index (κ2) is 3.74. The molecule has 0 aliphatic carbocycles. The van der Waals surface area contributed by atoms with Crippen LogP contribution in [0.2, 0.25) is 0 Å². The van der Waals surface area contributed by atoms with Gasteiger partial charge in [-0.15, -0.1) is 10.2 Å². The Morgan fingerprint density at radius 3 is 2.69 bits per heavy atom. The minimum atomic E-state index is -4.29. The molecule has 0 aromatic carbocycles. The number of nitrogens with zero attached hydrogens (tertiary/aromatic N) is 4. The molecule has 0 fully saturated rings. The zero-order chi connectivity index (χ0) is 11.8. The van der Waals surface area contributed by atoms with Crippen molar-refractivity contribution in [3.63, 3.8) is 0 Å². The zero-order valence-electron chi connectivity index (χ0n) is 7.77. The first-order valence-electron chi connectivity index (χ1n) is 4.13. The average Bonchev–Trinajstić information content (AvgIpc) is 2.71. The third kappa shape index (κ3) is 2.48. The summed E-state index contributed by atoms with van der Waals surface area (Å²) in [7, 11) is 0. The molecule has 0 unspecified atom stereocenters. The second-order valence-corrected chi connectivity index (χ2v) is 3.97. The van der Waals surface area contributed by atoms with E-state index in [2.05, 4.69) is 15.3 Å². The topological polar surface area (TPSA) is 69.6 Å². The van der Waals surface area contributed by atoms with Crippen LogP contribution >= 0.6 is 11.3 Å². The van der Waals surface area contributed by atoms with E-state index in [9.17, 15) is 13.2 Å². The Hall–Kier alpha value is -1.64. The van der Waals surface area contributed by atoms with Gasteiger partial charge < -0.3 is 5.73 Å². The SMILES string of the molecule is Nc1nnc(-c2ccn(CC(F)(F)F)n2)s1. The van der Waals surface area contributed by atoms with Gasteiger partial charge in [0.25, 0.3) is 0 Å². The van der Waals surface area contributed by atoms with E-state index < -0.39 is 12.7 Å². The van der Waals surface area contributed by atoms with Gasteiger partial charge in [0.05, 0.1) is 0 Å². The molecular formula is C7H6F3N5S. The van der Waals surface area contributed by atoms with E-state index in [4.69, 9.17) is 5.73 Å². The number of halogens is 3. The summed E-state index contributed by atoms with van der Waals surface area (Å²) < 4.78 is 37.0. The highest BCUT2D eigenvalue weighted by Crippen LogP contribution is 2.23. The maximum Gasteiger partial charge on any atom is 0.408 e. The molecule has 0 spiro atoms. The highest BCUT2D eigenvalue weighted by molar-refractivity contribution is 7.18. The van der Waals surface area contributed by atoms with Crippen molar-refractivity contribution in [3.05, 3.63) is 12.3 Å². The van der Waals surface area contributed by atoms with Gasteiger partial charge in [0.15, 0.2) is 5.01 Å². The number of aromatic nitrogens is 4. The van der Waals surface area contributed by atoms with Crippen LogP contribution in [0.3, 0.4) is 0 Å². The van der Waals surface area contributed by atoms with Gasteiger partial charge in [-0.2, -0.15) is 18.3 Å². The van der Waals surface area contributed by atoms with Crippen molar-refractivity contribution in [1.29, 1.82) is 0 Å².